The number of rotatable bonds is 16. The Labute approximate surface area is 152 Å². The van der Waals surface area contributed by atoms with Crippen molar-refractivity contribution in [1.82, 2.24) is 0 Å². The lowest BCUT2D eigenvalue weighted by molar-refractivity contribution is -0.929. The molecular weight excluding hydrogens is 334 g/mol. The SMILES string of the molecule is CCCCCCCC[N+](CCCC)(CCCC)CCCC.[Br-]. The van der Waals surface area contributed by atoms with E-state index in [2.05, 4.69) is 27.7 Å². The van der Waals surface area contributed by atoms with Crippen LogP contribution in [-0.2, 0) is 0 Å². The van der Waals surface area contributed by atoms with Crippen LogP contribution < -0.4 is 17.0 Å². The number of hydrogen-bond acceptors (Lipinski definition) is 0. The van der Waals surface area contributed by atoms with Crippen molar-refractivity contribution in [3.8, 4) is 0 Å². The average molecular weight is 378 g/mol. The second-order valence-corrected chi connectivity index (χ2v) is 7.06. The minimum atomic E-state index is 0. The summed E-state index contributed by atoms with van der Waals surface area (Å²) < 4.78 is 1.43. The van der Waals surface area contributed by atoms with Crippen LogP contribution >= 0.6 is 0 Å². The maximum absolute atomic E-state index is 2.35. The highest BCUT2D eigenvalue weighted by Gasteiger charge is 2.24. The summed E-state index contributed by atoms with van der Waals surface area (Å²) in [6.45, 7) is 15.1. The largest absolute Gasteiger partial charge is 1.00 e. The van der Waals surface area contributed by atoms with E-state index in [0.717, 1.165) is 0 Å². The van der Waals surface area contributed by atoms with Crippen molar-refractivity contribution in [2.45, 2.75) is 105 Å². The fourth-order valence-corrected chi connectivity index (χ4v) is 3.38. The highest BCUT2D eigenvalue weighted by Crippen LogP contribution is 2.17. The second-order valence-electron chi connectivity index (χ2n) is 7.06. The van der Waals surface area contributed by atoms with E-state index in [9.17, 15) is 0 Å². The molecule has 0 fully saturated rings. The third kappa shape index (κ3) is 12.9. The van der Waals surface area contributed by atoms with E-state index in [1.54, 1.807) is 0 Å². The van der Waals surface area contributed by atoms with Crippen molar-refractivity contribution in [3.63, 3.8) is 0 Å². The highest BCUT2D eigenvalue weighted by atomic mass is 79.9. The number of unbranched alkanes of at least 4 members (excludes halogenated alkanes) is 8. The fraction of sp³-hybridized carbons (Fsp3) is 1.00. The molecule has 0 rings (SSSR count). The lowest BCUT2D eigenvalue weighted by Gasteiger charge is -2.39. The third-order valence-electron chi connectivity index (χ3n) is 4.94. The molecule has 0 unspecified atom stereocenters. The summed E-state index contributed by atoms with van der Waals surface area (Å²) in [7, 11) is 0. The quantitative estimate of drug-likeness (QED) is 0.285. The Morgan fingerprint density at radius 1 is 0.409 bits per heavy atom. The van der Waals surface area contributed by atoms with Gasteiger partial charge in [0.25, 0.3) is 0 Å². The second kappa shape index (κ2) is 17.8. The zero-order chi connectivity index (χ0) is 15.8. The maximum Gasteiger partial charge on any atom is 0.0786 e. The lowest BCUT2D eigenvalue weighted by Crippen LogP contribution is -3.00. The zero-order valence-electron chi connectivity index (χ0n) is 16.1. The van der Waals surface area contributed by atoms with Gasteiger partial charge in [-0.2, -0.15) is 0 Å². The van der Waals surface area contributed by atoms with Crippen LogP contribution in [0.4, 0.5) is 0 Å². The molecule has 0 aromatic heterocycles. The first-order chi connectivity index (χ1) is 10.2. The first-order valence-corrected chi connectivity index (χ1v) is 10.1. The van der Waals surface area contributed by atoms with E-state index in [0.29, 0.717) is 0 Å². The first kappa shape index (κ1) is 24.7. The van der Waals surface area contributed by atoms with Crippen LogP contribution in [0.25, 0.3) is 0 Å². The van der Waals surface area contributed by atoms with Gasteiger partial charge >= 0.3 is 0 Å². The predicted molar refractivity (Wildman–Crippen MR) is 97.8 cm³/mol. The Morgan fingerprint density at radius 2 is 0.727 bits per heavy atom. The lowest BCUT2D eigenvalue weighted by atomic mass is 10.1. The van der Waals surface area contributed by atoms with Gasteiger partial charge in [0.1, 0.15) is 0 Å². The van der Waals surface area contributed by atoms with E-state index in [1.807, 2.05) is 0 Å². The fourth-order valence-electron chi connectivity index (χ4n) is 3.38. The van der Waals surface area contributed by atoms with E-state index in [4.69, 9.17) is 0 Å². The van der Waals surface area contributed by atoms with Gasteiger partial charge in [0.2, 0.25) is 0 Å². The first-order valence-electron chi connectivity index (χ1n) is 10.1. The summed E-state index contributed by atoms with van der Waals surface area (Å²) in [5.74, 6) is 0. The molecule has 2 heteroatoms. The van der Waals surface area contributed by atoms with Gasteiger partial charge in [0, 0.05) is 0 Å². The van der Waals surface area contributed by atoms with Crippen molar-refractivity contribution in [2.75, 3.05) is 26.2 Å². The van der Waals surface area contributed by atoms with E-state index < -0.39 is 0 Å². The van der Waals surface area contributed by atoms with Crippen molar-refractivity contribution in [2.24, 2.45) is 0 Å². The molecule has 0 spiro atoms. The van der Waals surface area contributed by atoms with Gasteiger partial charge in [-0.15, -0.1) is 0 Å². The van der Waals surface area contributed by atoms with Gasteiger partial charge < -0.3 is 21.5 Å². The van der Waals surface area contributed by atoms with Crippen LogP contribution in [0.5, 0.6) is 0 Å². The summed E-state index contributed by atoms with van der Waals surface area (Å²) in [5.41, 5.74) is 0. The molecule has 0 atom stereocenters. The molecule has 0 aromatic rings. The molecule has 0 bridgehead atoms. The van der Waals surface area contributed by atoms with Gasteiger partial charge in [0.05, 0.1) is 26.2 Å². The Hall–Kier alpha value is 0.440. The van der Waals surface area contributed by atoms with Crippen molar-refractivity contribution in [1.29, 1.82) is 0 Å². The molecule has 0 radical (unpaired) electrons. The molecule has 0 aliphatic carbocycles. The van der Waals surface area contributed by atoms with E-state index in [1.165, 1.54) is 108 Å². The summed E-state index contributed by atoms with van der Waals surface area (Å²) in [6, 6.07) is 0. The normalized spacial score (nSPS) is 11.5. The number of hydrogen-bond donors (Lipinski definition) is 0. The molecule has 0 N–H and O–H groups in total. The third-order valence-corrected chi connectivity index (χ3v) is 4.94. The van der Waals surface area contributed by atoms with Crippen molar-refractivity contribution >= 4 is 0 Å². The van der Waals surface area contributed by atoms with E-state index >= 15 is 0 Å². The Bertz CT molecular complexity index is 184. The van der Waals surface area contributed by atoms with Crippen LogP contribution in [0, 0.1) is 0 Å². The molecular formula is C20H44BrN. The Balaban J connectivity index is 0. The number of nitrogens with zero attached hydrogens (tertiary/aromatic N) is 1. The standard InChI is InChI=1S/C20H44N.BrH/c1-5-9-13-14-15-16-20-21(17-10-6-2,18-11-7-3)19-12-8-4;/h5-20H2,1-4H3;1H/q+1;/p-1. The molecule has 0 saturated heterocycles. The van der Waals surface area contributed by atoms with Crippen LogP contribution in [0.15, 0.2) is 0 Å². The highest BCUT2D eigenvalue weighted by molar-refractivity contribution is 4.51. The average Bonchev–Trinajstić information content (AvgIpc) is 2.51. The van der Waals surface area contributed by atoms with Gasteiger partial charge in [-0.3, -0.25) is 0 Å². The maximum atomic E-state index is 2.35. The molecule has 0 aromatic carbocycles. The van der Waals surface area contributed by atoms with Crippen molar-refractivity contribution < 1.29 is 21.5 Å². The van der Waals surface area contributed by atoms with Crippen LogP contribution in [-0.4, -0.2) is 30.7 Å². The van der Waals surface area contributed by atoms with Crippen LogP contribution in [0.2, 0.25) is 0 Å². The molecule has 136 valence electrons. The van der Waals surface area contributed by atoms with Crippen LogP contribution in [0.1, 0.15) is 105 Å². The molecule has 0 aliphatic rings. The number of quaternary nitrogens is 1. The predicted octanol–water partition coefficient (Wildman–Crippen LogP) is 3.57. The molecule has 0 heterocycles. The number of halogens is 1. The van der Waals surface area contributed by atoms with E-state index in [-0.39, 0.29) is 17.0 Å². The minimum Gasteiger partial charge on any atom is -1.00 e. The monoisotopic (exact) mass is 377 g/mol. The van der Waals surface area contributed by atoms with Gasteiger partial charge in [-0.25, -0.2) is 0 Å². The zero-order valence-corrected chi connectivity index (χ0v) is 17.7. The molecule has 1 nitrogen and oxygen atoms in total. The topological polar surface area (TPSA) is 0 Å². The Morgan fingerprint density at radius 3 is 1.14 bits per heavy atom. The molecule has 22 heavy (non-hydrogen) atoms. The smallest absolute Gasteiger partial charge is 0.0786 e. The summed E-state index contributed by atoms with van der Waals surface area (Å²) in [5, 5.41) is 0. The Kier molecular flexibility index (Phi) is 20.0. The molecule has 0 saturated carbocycles. The summed E-state index contributed by atoms with van der Waals surface area (Å²) >= 11 is 0. The molecule has 0 amide bonds. The summed E-state index contributed by atoms with van der Waals surface area (Å²) in [6.07, 6.45) is 17.0. The van der Waals surface area contributed by atoms with Gasteiger partial charge in [0.15, 0.2) is 0 Å². The molecule has 0 aliphatic heterocycles. The van der Waals surface area contributed by atoms with Gasteiger partial charge in [-0.1, -0.05) is 72.6 Å². The van der Waals surface area contributed by atoms with Crippen molar-refractivity contribution in [3.05, 3.63) is 0 Å². The summed E-state index contributed by atoms with van der Waals surface area (Å²) in [4.78, 5) is 0. The van der Waals surface area contributed by atoms with Crippen LogP contribution in [0.3, 0.4) is 0 Å². The minimum absolute atomic E-state index is 0. The van der Waals surface area contributed by atoms with Gasteiger partial charge in [-0.05, 0) is 32.1 Å².